The molecule has 0 radical (unpaired) electrons. The van der Waals surface area contributed by atoms with Gasteiger partial charge in [0.1, 0.15) is 23.7 Å². The molecule has 1 aliphatic carbocycles. The molecular formula is C25H33FN4O4. The van der Waals surface area contributed by atoms with Crippen molar-refractivity contribution in [1.82, 2.24) is 19.9 Å². The van der Waals surface area contributed by atoms with Crippen LogP contribution < -0.4 is 14.8 Å². The SMILES string of the molecule is CC(=O)NC(C)CO.Cn1c(OC2CCCCC2)nc2cnc(OCc3ccccc3)c(F)c21. The van der Waals surface area contributed by atoms with E-state index in [0.717, 1.165) is 18.4 Å². The Morgan fingerprint density at radius 3 is 2.59 bits per heavy atom. The van der Waals surface area contributed by atoms with Crippen LogP contribution in [0.25, 0.3) is 11.0 Å². The molecule has 34 heavy (non-hydrogen) atoms. The predicted molar refractivity (Wildman–Crippen MR) is 127 cm³/mol. The van der Waals surface area contributed by atoms with Crippen LogP contribution in [0.1, 0.15) is 51.5 Å². The number of carbonyl (C=O) groups excluding carboxylic acids is 1. The van der Waals surface area contributed by atoms with Gasteiger partial charge < -0.3 is 19.9 Å². The number of aryl methyl sites for hydroxylation is 1. The molecule has 1 unspecified atom stereocenters. The number of carbonyl (C=O) groups is 1. The van der Waals surface area contributed by atoms with E-state index in [0.29, 0.717) is 17.0 Å². The Morgan fingerprint density at radius 2 is 1.97 bits per heavy atom. The van der Waals surface area contributed by atoms with Crippen molar-refractivity contribution in [2.75, 3.05) is 6.61 Å². The molecule has 0 saturated heterocycles. The Bertz CT molecular complexity index is 1070. The fourth-order valence-corrected chi connectivity index (χ4v) is 3.78. The summed E-state index contributed by atoms with van der Waals surface area (Å²) in [6.45, 7) is 3.42. The van der Waals surface area contributed by atoms with Gasteiger partial charge in [-0.2, -0.15) is 9.37 Å². The lowest BCUT2D eigenvalue weighted by Gasteiger charge is -2.22. The molecule has 184 valence electrons. The van der Waals surface area contributed by atoms with Gasteiger partial charge >= 0.3 is 0 Å². The molecule has 1 aromatic carbocycles. The standard InChI is InChI=1S/C20H22FN3O2.C5H11NO2/c1-24-18-16(23-20(24)26-15-10-6-3-7-11-15)12-22-19(17(18)21)25-13-14-8-4-2-5-9-14;1-4(3-7)6-5(2)8/h2,4-5,8-9,12,15H,3,6-7,10-11,13H2,1H3;4,7H,3H2,1-2H3,(H,6,8). The Labute approximate surface area is 199 Å². The number of amides is 1. The monoisotopic (exact) mass is 472 g/mol. The maximum absolute atomic E-state index is 14.9. The molecule has 0 aliphatic heterocycles. The van der Waals surface area contributed by atoms with Gasteiger partial charge in [-0.25, -0.2) is 4.98 Å². The molecule has 1 atom stereocenters. The second-order valence-electron chi connectivity index (χ2n) is 8.50. The molecule has 9 heteroatoms. The number of rotatable bonds is 7. The third-order valence-corrected chi connectivity index (χ3v) is 5.55. The lowest BCUT2D eigenvalue weighted by Crippen LogP contribution is -2.32. The quantitative estimate of drug-likeness (QED) is 0.541. The molecule has 1 saturated carbocycles. The molecule has 1 amide bonds. The smallest absolute Gasteiger partial charge is 0.297 e. The molecule has 4 rings (SSSR count). The van der Waals surface area contributed by atoms with Crippen LogP contribution in [-0.2, 0) is 18.4 Å². The third-order valence-electron chi connectivity index (χ3n) is 5.55. The van der Waals surface area contributed by atoms with E-state index in [-0.39, 0.29) is 37.1 Å². The number of pyridine rings is 1. The number of hydrogen-bond donors (Lipinski definition) is 2. The van der Waals surface area contributed by atoms with E-state index in [4.69, 9.17) is 14.6 Å². The number of halogens is 1. The van der Waals surface area contributed by atoms with E-state index in [1.54, 1.807) is 18.5 Å². The van der Waals surface area contributed by atoms with Crippen molar-refractivity contribution in [2.24, 2.45) is 7.05 Å². The number of hydrogen-bond acceptors (Lipinski definition) is 6. The summed E-state index contributed by atoms with van der Waals surface area (Å²) in [4.78, 5) is 18.7. The molecular weight excluding hydrogens is 439 g/mol. The first-order valence-electron chi connectivity index (χ1n) is 11.6. The number of aliphatic hydroxyl groups excluding tert-OH is 1. The maximum atomic E-state index is 14.9. The maximum Gasteiger partial charge on any atom is 0.297 e. The Kier molecular flexibility index (Phi) is 9.21. The second kappa shape index (κ2) is 12.3. The summed E-state index contributed by atoms with van der Waals surface area (Å²) in [5.41, 5.74) is 1.79. The van der Waals surface area contributed by atoms with Gasteiger partial charge in [-0.3, -0.25) is 9.36 Å². The summed E-state index contributed by atoms with van der Waals surface area (Å²) < 4.78 is 28.2. The largest absolute Gasteiger partial charge is 0.471 e. The minimum Gasteiger partial charge on any atom is -0.471 e. The van der Waals surface area contributed by atoms with Crippen molar-refractivity contribution in [1.29, 1.82) is 0 Å². The van der Waals surface area contributed by atoms with Crippen LogP contribution in [0.3, 0.4) is 0 Å². The molecule has 0 spiro atoms. The first kappa shape index (κ1) is 25.4. The van der Waals surface area contributed by atoms with Gasteiger partial charge in [-0.05, 0) is 38.2 Å². The van der Waals surface area contributed by atoms with Crippen LogP contribution in [0.2, 0.25) is 0 Å². The highest BCUT2D eigenvalue weighted by molar-refractivity contribution is 5.77. The zero-order valence-corrected chi connectivity index (χ0v) is 20.0. The Hall–Kier alpha value is -3.20. The van der Waals surface area contributed by atoms with Crippen LogP contribution in [0.5, 0.6) is 11.9 Å². The zero-order chi connectivity index (χ0) is 24.5. The number of fused-ring (bicyclic) bond motifs is 1. The van der Waals surface area contributed by atoms with Gasteiger partial charge in [-0.15, -0.1) is 0 Å². The topological polar surface area (TPSA) is 98.5 Å². The number of nitrogens with one attached hydrogen (secondary N) is 1. The summed E-state index contributed by atoms with van der Waals surface area (Å²) in [5, 5.41) is 10.9. The average molecular weight is 473 g/mol. The molecule has 1 aliphatic rings. The molecule has 0 bridgehead atoms. The molecule has 1 fully saturated rings. The van der Waals surface area contributed by atoms with Gasteiger partial charge in [-0.1, -0.05) is 36.8 Å². The van der Waals surface area contributed by atoms with Crippen molar-refractivity contribution in [2.45, 2.75) is 64.7 Å². The number of nitrogens with zero attached hydrogens (tertiary/aromatic N) is 3. The molecule has 8 nitrogen and oxygen atoms in total. The van der Waals surface area contributed by atoms with E-state index in [9.17, 15) is 9.18 Å². The number of benzene rings is 1. The number of aromatic nitrogens is 3. The predicted octanol–water partition coefficient (Wildman–Crippen LogP) is 3.90. The van der Waals surface area contributed by atoms with Crippen molar-refractivity contribution < 1.29 is 23.8 Å². The van der Waals surface area contributed by atoms with Crippen LogP contribution >= 0.6 is 0 Å². The van der Waals surface area contributed by atoms with Crippen LogP contribution in [0.4, 0.5) is 4.39 Å². The molecule has 2 heterocycles. The lowest BCUT2D eigenvalue weighted by atomic mass is 9.98. The summed E-state index contributed by atoms with van der Waals surface area (Å²) in [5.74, 6) is -0.632. The fraction of sp³-hybridized carbons (Fsp3) is 0.480. The summed E-state index contributed by atoms with van der Waals surface area (Å²) in [6, 6.07) is 9.94. The highest BCUT2D eigenvalue weighted by Gasteiger charge is 2.22. The van der Waals surface area contributed by atoms with Crippen LogP contribution in [0, 0.1) is 5.82 Å². The highest BCUT2D eigenvalue weighted by atomic mass is 19.1. The van der Waals surface area contributed by atoms with E-state index < -0.39 is 5.82 Å². The molecule has 2 N–H and O–H groups in total. The van der Waals surface area contributed by atoms with Gasteiger partial charge in [0.2, 0.25) is 11.7 Å². The first-order valence-corrected chi connectivity index (χ1v) is 11.6. The van der Waals surface area contributed by atoms with Crippen LogP contribution in [-0.4, -0.2) is 44.3 Å². The van der Waals surface area contributed by atoms with Gasteiger partial charge in [0.25, 0.3) is 11.9 Å². The van der Waals surface area contributed by atoms with Gasteiger partial charge in [0, 0.05) is 20.0 Å². The van der Waals surface area contributed by atoms with Gasteiger partial charge in [0.15, 0.2) is 0 Å². The number of ether oxygens (including phenoxy) is 2. The molecule has 2 aromatic heterocycles. The molecule has 3 aromatic rings. The zero-order valence-electron chi connectivity index (χ0n) is 20.0. The second-order valence-corrected chi connectivity index (χ2v) is 8.50. The minimum absolute atomic E-state index is 0.000417. The van der Waals surface area contributed by atoms with Crippen molar-refractivity contribution in [3.8, 4) is 11.9 Å². The first-order chi connectivity index (χ1) is 16.4. The van der Waals surface area contributed by atoms with E-state index in [2.05, 4.69) is 15.3 Å². The van der Waals surface area contributed by atoms with E-state index in [1.807, 2.05) is 30.3 Å². The number of imidazole rings is 1. The average Bonchev–Trinajstić information content (AvgIpc) is 3.15. The fourth-order valence-electron chi connectivity index (χ4n) is 3.78. The normalized spacial score (nSPS) is 14.7. The van der Waals surface area contributed by atoms with Crippen molar-refractivity contribution >= 4 is 16.9 Å². The summed E-state index contributed by atoms with van der Waals surface area (Å²) >= 11 is 0. The summed E-state index contributed by atoms with van der Waals surface area (Å²) in [6.07, 6.45) is 7.33. The lowest BCUT2D eigenvalue weighted by molar-refractivity contribution is -0.119. The van der Waals surface area contributed by atoms with E-state index in [1.165, 1.54) is 32.4 Å². The number of aliphatic hydroxyl groups is 1. The Morgan fingerprint density at radius 1 is 1.26 bits per heavy atom. The summed E-state index contributed by atoms with van der Waals surface area (Å²) in [7, 11) is 1.76. The third kappa shape index (κ3) is 6.90. The van der Waals surface area contributed by atoms with Gasteiger partial charge in [0.05, 0.1) is 12.8 Å². The minimum atomic E-state index is -0.507. The van der Waals surface area contributed by atoms with Crippen molar-refractivity contribution in [3.63, 3.8) is 0 Å². The van der Waals surface area contributed by atoms with Crippen LogP contribution in [0.15, 0.2) is 36.5 Å². The van der Waals surface area contributed by atoms with Crippen molar-refractivity contribution in [3.05, 3.63) is 47.9 Å². The highest BCUT2D eigenvalue weighted by Crippen LogP contribution is 2.29. The Balaban J connectivity index is 0.000000350. The van der Waals surface area contributed by atoms with E-state index >= 15 is 0 Å².